The van der Waals surface area contributed by atoms with Crippen molar-refractivity contribution in [1.82, 2.24) is 25.5 Å². The highest BCUT2D eigenvalue weighted by Gasteiger charge is 2.31. The molecule has 1 fully saturated rings. The Morgan fingerprint density at radius 3 is 2.66 bits per heavy atom. The third kappa shape index (κ3) is 5.28. The zero-order valence-corrected chi connectivity index (χ0v) is 16.5. The van der Waals surface area contributed by atoms with Crippen LogP contribution in [0.4, 0.5) is 10.6 Å². The molecule has 1 aliphatic heterocycles. The number of pyridine rings is 2. The van der Waals surface area contributed by atoms with Crippen LogP contribution >= 0.6 is 0 Å². The number of hydrogen-bond acceptors (Lipinski definition) is 5. The van der Waals surface area contributed by atoms with Gasteiger partial charge in [0.1, 0.15) is 12.4 Å². The number of nitrogens with one attached hydrogen (secondary N) is 2. The largest absolute Gasteiger partial charge is 0.352 e. The molecule has 4 amide bonds. The van der Waals surface area contributed by atoms with Gasteiger partial charge in [-0.25, -0.2) is 9.78 Å². The summed E-state index contributed by atoms with van der Waals surface area (Å²) in [6, 6.07) is 6.73. The van der Waals surface area contributed by atoms with Crippen molar-refractivity contribution in [1.29, 1.82) is 0 Å². The van der Waals surface area contributed by atoms with Gasteiger partial charge in [-0.05, 0) is 37.6 Å². The zero-order chi connectivity index (χ0) is 20.8. The number of hydrogen-bond donors (Lipinski definition) is 2. The van der Waals surface area contributed by atoms with Crippen molar-refractivity contribution in [3.63, 3.8) is 0 Å². The van der Waals surface area contributed by atoms with Gasteiger partial charge in [-0.15, -0.1) is 0 Å². The summed E-state index contributed by atoms with van der Waals surface area (Å²) < 4.78 is 0. The van der Waals surface area contributed by atoms with Gasteiger partial charge in [-0.3, -0.25) is 19.5 Å². The average Bonchev–Trinajstić information content (AvgIpc) is 3.06. The van der Waals surface area contributed by atoms with Crippen LogP contribution in [-0.2, 0) is 11.3 Å². The normalized spacial score (nSPS) is 13.7. The number of rotatable bonds is 7. The lowest BCUT2D eigenvalue weighted by atomic mass is 10.2. The second-order valence-electron chi connectivity index (χ2n) is 7.03. The molecule has 2 aromatic heterocycles. The molecule has 0 saturated carbocycles. The van der Waals surface area contributed by atoms with Crippen LogP contribution in [0.2, 0.25) is 0 Å². The van der Waals surface area contributed by atoms with Crippen LogP contribution in [0.3, 0.4) is 0 Å². The van der Waals surface area contributed by atoms with Crippen molar-refractivity contribution < 1.29 is 14.4 Å². The van der Waals surface area contributed by atoms with Crippen molar-refractivity contribution >= 4 is 23.7 Å². The fourth-order valence-electron chi connectivity index (χ4n) is 2.95. The van der Waals surface area contributed by atoms with Crippen LogP contribution in [0.1, 0.15) is 29.8 Å². The van der Waals surface area contributed by atoms with E-state index in [0.29, 0.717) is 31.0 Å². The molecule has 9 heteroatoms. The molecule has 0 bridgehead atoms. The summed E-state index contributed by atoms with van der Waals surface area (Å²) >= 11 is 0. The van der Waals surface area contributed by atoms with E-state index in [2.05, 4.69) is 20.6 Å². The van der Waals surface area contributed by atoms with E-state index in [1.54, 1.807) is 35.5 Å². The maximum atomic E-state index is 12.6. The second kappa shape index (κ2) is 9.13. The zero-order valence-electron chi connectivity index (χ0n) is 16.5. The molecule has 2 N–H and O–H groups in total. The minimum atomic E-state index is -0.242. The Bertz CT molecular complexity index is 870. The maximum Gasteiger partial charge on any atom is 0.326 e. The average molecular weight is 396 g/mol. The molecular formula is C20H24N6O3. The third-order valence-electron chi connectivity index (χ3n) is 4.34. The van der Waals surface area contributed by atoms with Gasteiger partial charge in [0.2, 0.25) is 5.91 Å². The summed E-state index contributed by atoms with van der Waals surface area (Å²) in [5.74, 6) is 0.124. The van der Waals surface area contributed by atoms with E-state index in [-0.39, 0.29) is 30.4 Å². The van der Waals surface area contributed by atoms with Crippen LogP contribution in [-0.4, -0.2) is 58.4 Å². The number of carbonyl (C=O) groups is 3. The quantitative estimate of drug-likeness (QED) is 0.731. The summed E-state index contributed by atoms with van der Waals surface area (Å²) in [4.78, 5) is 47.8. The van der Waals surface area contributed by atoms with Crippen LogP contribution in [0.5, 0.6) is 0 Å². The summed E-state index contributed by atoms with van der Waals surface area (Å²) in [7, 11) is 0. The Kier molecular flexibility index (Phi) is 6.38. The van der Waals surface area contributed by atoms with Gasteiger partial charge in [-0.1, -0.05) is 6.07 Å². The van der Waals surface area contributed by atoms with Gasteiger partial charge in [0.05, 0.1) is 5.56 Å². The molecule has 0 aromatic carbocycles. The lowest BCUT2D eigenvalue weighted by Gasteiger charge is -2.18. The van der Waals surface area contributed by atoms with Gasteiger partial charge in [-0.2, -0.15) is 0 Å². The molecule has 0 atom stereocenters. The third-order valence-corrected chi connectivity index (χ3v) is 4.34. The first-order chi connectivity index (χ1) is 13.9. The minimum Gasteiger partial charge on any atom is -0.352 e. The second-order valence-corrected chi connectivity index (χ2v) is 7.03. The first kappa shape index (κ1) is 20.2. The molecule has 3 heterocycles. The molecule has 9 nitrogen and oxygen atoms in total. The number of amides is 4. The Balaban J connectivity index is 1.54. The summed E-state index contributed by atoms with van der Waals surface area (Å²) in [5, 5.41) is 5.59. The Hall–Kier alpha value is -3.49. The van der Waals surface area contributed by atoms with Crippen LogP contribution in [0.15, 0.2) is 42.9 Å². The van der Waals surface area contributed by atoms with E-state index >= 15 is 0 Å². The van der Waals surface area contributed by atoms with Crippen LogP contribution in [0.25, 0.3) is 0 Å². The molecule has 152 valence electrons. The fraction of sp³-hybridized carbons (Fsp3) is 0.350. The van der Waals surface area contributed by atoms with Crippen molar-refractivity contribution in [2.45, 2.75) is 26.4 Å². The highest BCUT2D eigenvalue weighted by Crippen LogP contribution is 2.18. The predicted molar refractivity (Wildman–Crippen MR) is 107 cm³/mol. The monoisotopic (exact) mass is 396 g/mol. The topological polar surface area (TPSA) is 108 Å². The summed E-state index contributed by atoms with van der Waals surface area (Å²) in [6.07, 6.45) is 4.74. The number of urea groups is 1. The number of nitrogens with zero attached hydrogens (tertiary/aromatic N) is 4. The molecule has 2 aromatic rings. The van der Waals surface area contributed by atoms with Crippen molar-refractivity contribution in [3.05, 3.63) is 54.0 Å². The number of aromatic nitrogens is 2. The van der Waals surface area contributed by atoms with E-state index in [4.69, 9.17) is 0 Å². The first-order valence-corrected chi connectivity index (χ1v) is 9.43. The smallest absolute Gasteiger partial charge is 0.326 e. The molecule has 1 aliphatic rings. The van der Waals surface area contributed by atoms with E-state index < -0.39 is 0 Å². The van der Waals surface area contributed by atoms with E-state index in [0.717, 1.165) is 5.56 Å². The Morgan fingerprint density at radius 1 is 1.17 bits per heavy atom. The molecule has 29 heavy (non-hydrogen) atoms. The lowest BCUT2D eigenvalue weighted by Crippen LogP contribution is -2.42. The molecular weight excluding hydrogens is 372 g/mol. The maximum absolute atomic E-state index is 12.6. The van der Waals surface area contributed by atoms with Gasteiger partial charge < -0.3 is 15.5 Å². The molecule has 0 radical (unpaired) electrons. The predicted octanol–water partition coefficient (Wildman–Crippen LogP) is 1.17. The standard InChI is InChI=1S/C20H24N6O3/c1-14(2)24-18(27)13-25-8-9-26(20(25)29)17-6-5-15(10-22-17)11-23-19(28)16-4-3-7-21-12-16/h3-7,10,12,14H,8-9,11,13H2,1-2H3,(H,23,28)(H,24,27). The minimum absolute atomic E-state index is 0.0316. The van der Waals surface area contributed by atoms with E-state index in [9.17, 15) is 14.4 Å². The highest BCUT2D eigenvalue weighted by atomic mass is 16.2. The van der Waals surface area contributed by atoms with E-state index in [1.165, 1.54) is 11.1 Å². The lowest BCUT2D eigenvalue weighted by molar-refractivity contribution is -0.122. The van der Waals surface area contributed by atoms with Crippen LogP contribution in [0, 0.1) is 0 Å². The summed E-state index contributed by atoms with van der Waals surface area (Å²) in [5.41, 5.74) is 1.30. The van der Waals surface area contributed by atoms with Crippen molar-refractivity contribution in [2.75, 3.05) is 24.5 Å². The molecule has 0 spiro atoms. The van der Waals surface area contributed by atoms with Gasteiger partial charge in [0, 0.05) is 44.3 Å². The molecule has 0 unspecified atom stereocenters. The molecule has 0 aliphatic carbocycles. The Labute approximate surface area is 169 Å². The Morgan fingerprint density at radius 2 is 2.00 bits per heavy atom. The highest BCUT2D eigenvalue weighted by molar-refractivity contribution is 5.96. The van der Waals surface area contributed by atoms with E-state index in [1.807, 2.05) is 19.9 Å². The molecule has 1 saturated heterocycles. The number of carbonyl (C=O) groups excluding carboxylic acids is 3. The van der Waals surface area contributed by atoms with Crippen molar-refractivity contribution in [3.8, 4) is 0 Å². The van der Waals surface area contributed by atoms with Crippen LogP contribution < -0.4 is 15.5 Å². The first-order valence-electron chi connectivity index (χ1n) is 9.43. The fourth-order valence-corrected chi connectivity index (χ4v) is 2.95. The summed E-state index contributed by atoms with van der Waals surface area (Å²) in [6.45, 7) is 5.04. The van der Waals surface area contributed by atoms with Crippen molar-refractivity contribution in [2.24, 2.45) is 0 Å². The van der Waals surface area contributed by atoms with Gasteiger partial charge in [0.25, 0.3) is 5.91 Å². The SMILES string of the molecule is CC(C)NC(=O)CN1CCN(c2ccc(CNC(=O)c3cccnc3)cn2)C1=O. The van der Waals surface area contributed by atoms with Gasteiger partial charge in [0.15, 0.2) is 0 Å². The van der Waals surface area contributed by atoms with Gasteiger partial charge >= 0.3 is 6.03 Å². The molecule has 3 rings (SSSR count). The number of anilines is 1.